The van der Waals surface area contributed by atoms with Gasteiger partial charge in [0.2, 0.25) is 0 Å². The summed E-state index contributed by atoms with van der Waals surface area (Å²) >= 11 is 0. The largest absolute Gasteiger partial charge is 0.389 e. The summed E-state index contributed by atoms with van der Waals surface area (Å²) in [5.74, 6) is 1.47. The van der Waals surface area contributed by atoms with Gasteiger partial charge in [0.15, 0.2) is 11.6 Å². The number of rotatable bonds is 4. The predicted molar refractivity (Wildman–Crippen MR) is 97.8 cm³/mol. The summed E-state index contributed by atoms with van der Waals surface area (Å²) in [5, 5.41) is 9.47. The van der Waals surface area contributed by atoms with Gasteiger partial charge in [0.25, 0.3) is 0 Å². The molecule has 2 aromatic heterocycles. The Morgan fingerprint density at radius 1 is 0.926 bits per heavy atom. The third kappa shape index (κ3) is 3.04. The van der Waals surface area contributed by atoms with E-state index in [0.29, 0.717) is 42.3 Å². The topological polar surface area (TPSA) is 75.0 Å². The molecule has 3 aromatic rings. The van der Waals surface area contributed by atoms with Crippen LogP contribution in [0.25, 0.3) is 11.6 Å². The minimum Gasteiger partial charge on any atom is -0.389 e. The molecule has 0 bridgehead atoms. The number of halogens is 1. The quantitative estimate of drug-likeness (QED) is 0.768. The molecule has 7 heteroatoms. The monoisotopic (exact) mass is 363 g/mol. The van der Waals surface area contributed by atoms with Gasteiger partial charge in [-0.25, -0.2) is 24.3 Å². The van der Waals surface area contributed by atoms with Gasteiger partial charge in [-0.05, 0) is 47.6 Å². The number of hydrogen-bond acceptors (Lipinski definition) is 6. The van der Waals surface area contributed by atoms with E-state index >= 15 is 0 Å². The van der Waals surface area contributed by atoms with E-state index in [1.54, 1.807) is 18.5 Å². The highest BCUT2D eigenvalue weighted by molar-refractivity contribution is 5.54. The lowest BCUT2D eigenvalue weighted by atomic mass is 10.0. The van der Waals surface area contributed by atoms with E-state index in [0.717, 1.165) is 17.5 Å². The zero-order valence-electron chi connectivity index (χ0n) is 14.5. The molecule has 0 radical (unpaired) electrons. The van der Waals surface area contributed by atoms with E-state index in [9.17, 15) is 9.50 Å². The maximum Gasteiger partial charge on any atom is 0.197 e. The molecule has 6 nitrogen and oxygen atoms in total. The summed E-state index contributed by atoms with van der Waals surface area (Å²) in [6.07, 6.45) is 7.64. The average molecular weight is 363 g/mol. The molecule has 0 amide bonds. The SMILES string of the molecule is OC1CN(c2cc([C@@H]3C[C@H]3c3cnc(-c4ncccn4)nc3)ccc2F)C1. The van der Waals surface area contributed by atoms with Crippen molar-refractivity contribution in [3.8, 4) is 11.6 Å². The Kier molecular flexibility index (Phi) is 3.82. The number of aliphatic hydroxyl groups is 1. The Morgan fingerprint density at radius 2 is 1.59 bits per heavy atom. The maximum atomic E-state index is 14.1. The molecule has 2 atom stereocenters. The van der Waals surface area contributed by atoms with Crippen LogP contribution >= 0.6 is 0 Å². The zero-order chi connectivity index (χ0) is 18.4. The number of nitrogens with zero attached hydrogens (tertiary/aromatic N) is 5. The van der Waals surface area contributed by atoms with Crippen molar-refractivity contribution in [3.05, 3.63) is 66.0 Å². The van der Waals surface area contributed by atoms with Gasteiger partial charge in [0.05, 0.1) is 11.8 Å². The summed E-state index contributed by atoms with van der Waals surface area (Å²) in [4.78, 5) is 19.0. The molecular weight excluding hydrogens is 345 g/mol. The van der Waals surface area contributed by atoms with Gasteiger partial charge in [-0.2, -0.15) is 0 Å². The summed E-state index contributed by atoms with van der Waals surface area (Å²) in [7, 11) is 0. The lowest BCUT2D eigenvalue weighted by molar-refractivity contribution is 0.141. The summed E-state index contributed by atoms with van der Waals surface area (Å²) < 4.78 is 14.1. The first-order valence-corrected chi connectivity index (χ1v) is 9.01. The van der Waals surface area contributed by atoms with Crippen LogP contribution in [0.1, 0.15) is 29.4 Å². The Labute approximate surface area is 155 Å². The molecule has 0 spiro atoms. The molecule has 0 unspecified atom stereocenters. The molecule has 2 aliphatic rings. The van der Waals surface area contributed by atoms with Crippen LogP contribution in [0.4, 0.5) is 10.1 Å². The second kappa shape index (κ2) is 6.35. The number of aliphatic hydroxyl groups excluding tert-OH is 1. The van der Waals surface area contributed by atoms with Crippen LogP contribution in [0, 0.1) is 5.82 Å². The molecule has 1 aliphatic heterocycles. The average Bonchev–Trinajstić information content (AvgIpc) is 3.48. The van der Waals surface area contributed by atoms with E-state index in [4.69, 9.17) is 0 Å². The first-order valence-electron chi connectivity index (χ1n) is 9.01. The van der Waals surface area contributed by atoms with E-state index in [2.05, 4.69) is 19.9 Å². The van der Waals surface area contributed by atoms with Gasteiger partial charge in [-0.3, -0.25) is 0 Å². The fourth-order valence-electron chi connectivity index (χ4n) is 3.65. The molecule has 27 heavy (non-hydrogen) atoms. The first kappa shape index (κ1) is 16.3. The van der Waals surface area contributed by atoms with Crippen molar-refractivity contribution in [2.75, 3.05) is 18.0 Å². The van der Waals surface area contributed by atoms with E-state index in [1.807, 2.05) is 29.4 Å². The van der Waals surface area contributed by atoms with Crippen molar-refractivity contribution < 1.29 is 9.50 Å². The van der Waals surface area contributed by atoms with Gasteiger partial charge in [0, 0.05) is 37.9 Å². The zero-order valence-corrected chi connectivity index (χ0v) is 14.5. The van der Waals surface area contributed by atoms with Gasteiger partial charge >= 0.3 is 0 Å². The Morgan fingerprint density at radius 3 is 2.30 bits per heavy atom. The number of hydrogen-bond donors (Lipinski definition) is 1. The van der Waals surface area contributed by atoms with Crippen molar-refractivity contribution in [3.63, 3.8) is 0 Å². The molecule has 5 rings (SSSR count). The summed E-state index contributed by atoms with van der Waals surface area (Å²) in [5.41, 5.74) is 2.77. The third-order valence-electron chi connectivity index (χ3n) is 5.26. The maximum absolute atomic E-state index is 14.1. The Bertz CT molecular complexity index is 960. The fourth-order valence-corrected chi connectivity index (χ4v) is 3.65. The lowest BCUT2D eigenvalue weighted by Crippen LogP contribution is -2.51. The third-order valence-corrected chi connectivity index (χ3v) is 5.26. The lowest BCUT2D eigenvalue weighted by Gasteiger charge is -2.38. The van der Waals surface area contributed by atoms with Crippen molar-refractivity contribution in [2.24, 2.45) is 0 Å². The molecule has 2 fully saturated rings. The molecule has 1 saturated heterocycles. The second-order valence-electron chi connectivity index (χ2n) is 7.13. The van der Waals surface area contributed by atoms with Crippen molar-refractivity contribution in [2.45, 2.75) is 24.4 Å². The van der Waals surface area contributed by atoms with Crippen molar-refractivity contribution >= 4 is 5.69 Å². The molecule has 1 saturated carbocycles. The van der Waals surface area contributed by atoms with Gasteiger partial charge in [-0.15, -0.1) is 0 Å². The predicted octanol–water partition coefficient (Wildman–Crippen LogP) is 2.52. The molecule has 1 aromatic carbocycles. The first-order chi connectivity index (χ1) is 13.2. The minimum atomic E-state index is -0.356. The fraction of sp³-hybridized carbons (Fsp3) is 0.300. The van der Waals surface area contributed by atoms with Gasteiger partial charge in [-0.1, -0.05) is 6.07 Å². The minimum absolute atomic E-state index is 0.238. The molecular formula is C20H18FN5O. The smallest absolute Gasteiger partial charge is 0.197 e. The van der Waals surface area contributed by atoms with Crippen LogP contribution in [0.5, 0.6) is 0 Å². The highest BCUT2D eigenvalue weighted by Crippen LogP contribution is 2.55. The van der Waals surface area contributed by atoms with Gasteiger partial charge in [0.1, 0.15) is 5.82 Å². The standard InChI is InChI=1S/C20H18FN5O/c21-17-3-2-12(6-18(17)26-10-14(27)11-26)15-7-16(15)13-8-24-20(25-9-13)19-22-4-1-5-23-19/h1-6,8-9,14-16,27H,7,10-11H2/t15-,16-/m0/s1. The molecule has 136 valence electrons. The van der Waals surface area contributed by atoms with E-state index in [-0.39, 0.29) is 11.9 Å². The summed E-state index contributed by atoms with van der Waals surface area (Å²) in [6.45, 7) is 0.983. The van der Waals surface area contributed by atoms with Crippen LogP contribution in [0.3, 0.4) is 0 Å². The second-order valence-corrected chi connectivity index (χ2v) is 7.13. The number of benzene rings is 1. The molecule has 1 aliphatic carbocycles. The van der Waals surface area contributed by atoms with Gasteiger partial charge < -0.3 is 10.0 Å². The van der Waals surface area contributed by atoms with Crippen LogP contribution in [0.15, 0.2) is 49.1 Å². The van der Waals surface area contributed by atoms with Crippen LogP contribution in [0.2, 0.25) is 0 Å². The molecule has 1 N–H and O–H groups in total. The Hall–Kier alpha value is -2.93. The Balaban J connectivity index is 1.33. The van der Waals surface area contributed by atoms with E-state index in [1.165, 1.54) is 6.07 Å². The normalized spacial score (nSPS) is 21.8. The number of β-amino-alcohol motifs (C(OH)–C–C–N with tert-alkyl or cyclic N) is 1. The van der Waals surface area contributed by atoms with Crippen LogP contribution in [-0.2, 0) is 0 Å². The highest BCUT2D eigenvalue weighted by atomic mass is 19.1. The molecule has 3 heterocycles. The number of anilines is 1. The highest BCUT2D eigenvalue weighted by Gasteiger charge is 2.40. The summed E-state index contributed by atoms with van der Waals surface area (Å²) in [6, 6.07) is 7.05. The van der Waals surface area contributed by atoms with E-state index < -0.39 is 0 Å². The van der Waals surface area contributed by atoms with Crippen molar-refractivity contribution in [1.82, 2.24) is 19.9 Å². The van der Waals surface area contributed by atoms with Crippen molar-refractivity contribution in [1.29, 1.82) is 0 Å². The van der Waals surface area contributed by atoms with Crippen LogP contribution in [-0.4, -0.2) is 44.2 Å². The number of aromatic nitrogens is 4. The van der Waals surface area contributed by atoms with Crippen LogP contribution < -0.4 is 4.90 Å².